The van der Waals surface area contributed by atoms with Gasteiger partial charge in [-0.05, 0) is 49.5 Å². The first-order valence-corrected chi connectivity index (χ1v) is 8.65. The van der Waals surface area contributed by atoms with Gasteiger partial charge < -0.3 is 5.32 Å². The lowest BCUT2D eigenvalue weighted by Crippen LogP contribution is -2.43. The molecule has 112 valence electrons. The lowest BCUT2D eigenvalue weighted by Gasteiger charge is -2.30. The summed E-state index contributed by atoms with van der Waals surface area (Å²) in [6.45, 7) is 5.98. The SMILES string of the molecule is CC(C)c1ccc(S(=O)(=O)N(C)C2CCNCC2)cc1. The first-order chi connectivity index (χ1) is 9.43. The van der Waals surface area contributed by atoms with Crippen LogP contribution in [-0.2, 0) is 10.0 Å². The van der Waals surface area contributed by atoms with Crippen LogP contribution < -0.4 is 5.32 Å². The molecule has 2 rings (SSSR count). The van der Waals surface area contributed by atoms with E-state index in [0.29, 0.717) is 10.8 Å². The van der Waals surface area contributed by atoms with E-state index in [1.165, 1.54) is 4.31 Å². The Balaban J connectivity index is 2.20. The average Bonchev–Trinajstić information content (AvgIpc) is 2.47. The zero-order chi connectivity index (χ0) is 14.8. The highest BCUT2D eigenvalue weighted by molar-refractivity contribution is 7.89. The number of nitrogens with one attached hydrogen (secondary N) is 1. The van der Waals surface area contributed by atoms with Gasteiger partial charge in [0.1, 0.15) is 0 Å². The van der Waals surface area contributed by atoms with Crippen molar-refractivity contribution in [2.75, 3.05) is 20.1 Å². The Morgan fingerprint density at radius 1 is 1.15 bits per heavy atom. The Morgan fingerprint density at radius 3 is 2.20 bits per heavy atom. The van der Waals surface area contributed by atoms with Crippen molar-refractivity contribution in [3.63, 3.8) is 0 Å². The molecule has 1 N–H and O–H groups in total. The number of piperidine rings is 1. The molecule has 1 aromatic carbocycles. The highest BCUT2D eigenvalue weighted by Crippen LogP contribution is 2.22. The number of hydrogen-bond acceptors (Lipinski definition) is 3. The van der Waals surface area contributed by atoms with Crippen molar-refractivity contribution in [2.45, 2.75) is 43.5 Å². The summed E-state index contributed by atoms with van der Waals surface area (Å²) in [7, 11) is -1.68. The summed E-state index contributed by atoms with van der Waals surface area (Å²) < 4.78 is 26.8. The Hall–Kier alpha value is -0.910. The normalized spacial score (nSPS) is 17.9. The van der Waals surface area contributed by atoms with E-state index in [9.17, 15) is 8.42 Å². The fourth-order valence-corrected chi connectivity index (χ4v) is 3.97. The van der Waals surface area contributed by atoms with E-state index in [2.05, 4.69) is 19.2 Å². The van der Waals surface area contributed by atoms with Crippen LogP contribution in [0.1, 0.15) is 38.2 Å². The predicted molar refractivity (Wildman–Crippen MR) is 81.4 cm³/mol. The molecule has 0 saturated carbocycles. The van der Waals surface area contributed by atoms with Crippen molar-refractivity contribution in [3.05, 3.63) is 29.8 Å². The molecule has 1 fully saturated rings. The van der Waals surface area contributed by atoms with Crippen molar-refractivity contribution >= 4 is 10.0 Å². The maximum atomic E-state index is 12.6. The summed E-state index contributed by atoms with van der Waals surface area (Å²) >= 11 is 0. The van der Waals surface area contributed by atoms with Gasteiger partial charge in [-0.15, -0.1) is 0 Å². The van der Waals surface area contributed by atoms with Gasteiger partial charge in [0.25, 0.3) is 0 Å². The lowest BCUT2D eigenvalue weighted by atomic mass is 10.0. The van der Waals surface area contributed by atoms with E-state index in [4.69, 9.17) is 0 Å². The minimum Gasteiger partial charge on any atom is -0.317 e. The molecule has 1 saturated heterocycles. The number of nitrogens with zero attached hydrogens (tertiary/aromatic N) is 1. The van der Waals surface area contributed by atoms with E-state index in [1.54, 1.807) is 19.2 Å². The van der Waals surface area contributed by atoms with Gasteiger partial charge in [0.2, 0.25) is 10.0 Å². The standard InChI is InChI=1S/C15H24N2O2S/c1-12(2)13-4-6-15(7-5-13)20(18,19)17(3)14-8-10-16-11-9-14/h4-7,12,14,16H,8-11H2,1-3H3. The molecule has 0 aliphatic carbocycles. The van der Waals surface area contributed by atoms with Gasteiger partial charge in [-0.3, -0.25) is 0 Å². The van der Waals surface area contributed by atoms with Crippen LogP contribution in [0.5, 0.6) is 0 Å². The van der Waals surface area contributed by atoms with Gasteiger partial charge in [-0.1, -0.05) is 26.0 Å². The first-order valence-electron chi connectivity index (χ1n) is 7.21. The summed E-state index contributed by atoms with van der Waals surface area (Å²) in [6.07, 6.45) is 1.75. The summed E-state index contributed by atoms with van der Waals surface area (Å²) in [5.41, 5.74) is 1.16. The minimum atomic E-state index is -3.38. The second-order valence-electron chi connectivity index (χ2n) is 5.73. The fourth-order valence-electron chi connectivity index (χ4n) is 2.56. The van der Waals surface area contributed by atoms with E-state index in [0.717, 1.165) is 31.5 Å². The molecule has 5 heteroatoms. The molecule has 0 unspecified atom stereocenters. The summed E-state index contributed by atoms with van der Waals surface area (Å²) in [5.74, 6) is 0.411. The Bertz CT molecular complexity index is 531. The van der Waals surface area contributed by atoms with E-state index < -0.39 is 10.0 Å². The third-order valence-electron chi connectivity index (χ3n) is 4.05. The maximum Gasteiger partial charge on any atom is 0.243 e. The summed E-state index contributed by atoms with van der Waals surface area (Å²) in [5, 5.41) is 3.26. The second-order valence-corrected chi connectivity index (χ2v) is 7.72. The van der Waals surface area contributed by atoms with Gasteiger partial charge in [0.15, 0.2) is 0 Å². The number of benzene rings is 1. The highest BCUT2D eigenvalue weighted by atomic mass is 32.2. The number of rotatable bonds is 4. The van der Waals surface area contributed by atoms with Crippen LogP contribution in [-0.4, -0.2) is 38.9 Å². The molecule has 1 heterocycles. The minimum absolute atomic E-state index is 0.103. The molecule has 0 bridgehead atoms. The van der Waals surface area contributed by atoms with Gasteiger partial charge in [0, 0.05) is 13.1 Å². The Morgan fingerprint density at radius 2 is 1.70 bits per heavy atom. The zero-order valence-corrected chi connectivity index (χ0v) is 13.3. The molecule has 0 atom stereocenters. The van der Waals surface area contributed by atoms with Crippen molar-refractivity contribution in [1.29, 1.82) is 0 Å². The van der Waals surface area contributed by atoms with Crippen LogP contribution in [0.4, 0.5) is 0 Å². The van der Waals surface area contributed by atoms with Crippen LogP contribution in [0.25, 0.3) is 0 Å². The first kappa shape index (κ1) is 15.5. The van der Waals surface area contributed by atoms with E-state index in [-0.39, 0.29) is 6.04 Å². The quantitative estimate of drug-likeness (QED) is 0.926. The zero-order valence-electron chi connectivity index (χ0n) is 12.5. The van der Waals surface area contributed by atoms with Gasteiger partial charge in [-0.2, -0.15) is 4.31 Å². The summed E-state index contributed by atoms with van der Waals surface area (Å²) in [6, 6.07) is 7.37. The number of sulfonamides is 1. The van der Waals surface area contributed by atoms with Crippen molar-refractivity contribution in [1.82, 2.24) is 9.62 Å². The topological polar surface area (TPSA) is 49.4 Å². The fraction of sp³-hybridized carbons (Fsp3) is 0.600. The van der Waals surface area contributed by atoms with Gasteiger partial charge >= 0.3 is 0 Å². The molecule has 4 nitrogen and oxygen atoms in total. The second kappa shape index (κ2) is 6.24. The van der Waals surface area contributed by atoms with E-state index in [1.807, 2.05) is 12.1 Å². The molecule has 1 aliphatic rings. The average molecular weight is 296 g/mol. The molecule has 1 aromatic rings. The third-order valence-corrected chi connectivity index (χ3v) is 5.97. The van der Waals surface area contributed by atoms with Gasteiger partial charge in [-0.25, -0.2) is 8.42 Å². The third kappa shape index (κ3) is 3.22. The molecule has 20 heavy (non-hydrogen) atoms. The van der Waals surface area contributed by atoms with Crippen LogP contribution >= 0.6 is 0 Å². The van der Waals surface area contributed by atoms with E-state index >= 15 is 0 Å². The van der Waals surface area contributed by atoms with Crippen LogP contribution in [0.15, 0.2) is 29.2 Å². The predicted octanol–water partition coefficient (Wildman–Crippen LogP) is 2.18. The Kier molecular flexibility index (Phi) is 4.83. The highest BCUT2D eigenvalue weighted by Gasteiger charge is 2.28. The molecule has 0 aromatic heterocycles. The largest absolute Gasteiger partial charge is 0.317 e. The smallest absolute Gasteiger partial charge is 0.243 e. The molecule has 1 aliphatic heterocycles. The number of hydrogen-bond donors (Lipinski definition) is 1. The Labute approximate surface area is 122 Å². The van der Waals surface area contributed by atoms with Crippen LogP contribution in [0.3, 0.4) is 0 Å². The molecule has 0 spiro atoms. The van der Waals surface area contributed by atoms with Gasteiger partial charge in [0.05, 0.1) is 4.90 Å². The maximum absolute atomic E-state index is 12.6. The van der Waals surface area contributed by atoms with Crippen molar-refractivity contribution in [3.8, 4) is 0 Å². The molecular formula is C15H24N2O2S. The van der Waals surface area contributed by atoms with Crippen molar-refractivity contribution < 1.29 is 8.42 Å². The summed E-state index contributed by atoms with van der Waals surface area (Å²) in [4.78, 5) is 0.392. The molecule has 0 amide bonds. The van der Waals surface area contributed by atoms with Crippen LogP contribution in [0.2, 0.25) is 0 Å². The molecule has 0 radical (unpaired) electrons. The lowest BCUT2D eigenvalue weighted by molar-refractivity contribution is 0.296. The van der Waals surface area contributed by atoms with Crippen LogP contribution in [0, 0.1) is 0 Å². The monoisotopic (exact) mass is 296 g/mol. The molecular weight excluding hydrogens is 272 g/mol. The van der Waals surface area contributed by atoms with Crippen molar-refractivity contribution in [2.24, 2.45) is 0 Å².